The zero-order valence-corrected chi connectivity index (χ0v) is 13.2. The highest BCUT2D eigenvalue weighted by Gasteiger charge is 2.23. The molecular weight excluding hydrogens is 303 g/mol. The van der Waals surface area contributed by atoms with E-state index in [4.69, 9.17) is 9.15 Å². The highest BCUT2D eigenvalue weighted by atomic mass is 31.2. The molecule has 6 nitrogen and oxygen atoms in total. The van der Waals surface area contributed by atoms with Crippen molar-refractivity contribution in [3.05, 3.63) is 60.2 Å². The van der Waals surface area contributed by atoms with Crippen LogP contribution in [0.15, 0.2) is 49.1 Å². The van der Waals surface area contributed by atoms with Gasteiger partial charge in [0, 0.05) is 12.0 Å². The first-order valence-corrected chi connectivity index (χ1v) is 8.12. The summed E-state index contributed by atoms with van der Waals surface area (Å²) < 4.78 is 23.1. The second-order valence-electron chi connectivity index (χ2n) is 4.65. The lowest BCUT2D eigenvalue weighted by atomic mass is 10.1. The van der Waals surface area contributed by atoms with Gasteiger partial charge in [0.15, 0.2) is 0 Å². The third-order valence-electron chi connectivity index (χ3n) is 2.87. The Morgan fingerprint density at radius 2 is 2.05 bits per heavy atom. The van der Waals surface area contributed by atoms with Gasteiger partial charge >= 0.3 is 7.60 Å². The van der Waals surface area contributed by atoms with Gasteiger partial charge in [0.25, 0.3) is 0 Å². The topological polar surface area (TPSA) is 80.7 Å². The van der Waals surface area contributed by atoms with Crippen LogP contribution in [0.4, 0.5) is 5.69 Å². The molecule has 1 atom stereocenters. The van der Waals surface area contributed by atoms with Crippen molar-refractivity contribution < 1.29 is 18.8 Å². The summed E-state index contributed by atoms with van der Waals surface area (Å²) in [5.74, 6) is 1.60. The van der Waals surface area contributed by atoms with E-state index >= 15 is 0 Å². The maximum Gasteiger partial charge on any atom is 0.424 e. The molecule has 7 heteroatoms. The molecule has 0 saturated carbocycles. The molecule has 0 amide bonds. The number of hydrogen-bond donors (Lipinski definition) is 2. The van der Waals surface area contributed by atoms with Crippen LogP contribution in [-0.2, 0) is 9.19 Å². The van der Waals surface area contributed by atoms with Crippen LogP contribution in [0.1, 0.15) is 11.1 Å². The van der Waals surface area contributed by atoms with E-state index in [1.807, 2.05) is 0 Å². The Morgan fingerprint density at radius 1 is 1.36 bits per heavy atom. The van der Waals surface area contributed by atoms with Crippen molar-refractivity contribution in [2.24, 2.45) is 0 Å². The molecule has 0 aliphatic carbocycles. The highest BCUT2D eigenvalue weighted by molar-refractivity contribution is 7.57. The minimum Gasteiger partial charge on any atom is -0.507 e. The number of anilines is 1. The second-order valence-corrected chi connectivity index (χ2v) is 6.46. The molecule has 22 heavy (non-hydrogen) atoms. The fourth-order valence-corrected chi connectivity index (χ4v) is 2.57. The van der Waals surface area contributed by atoms with Gasteiger partial charge in [0.2, 0.25) is 0 Å². The van der Waals surface area contributed by atoms with E-state index < -0.39 is 7.60 Å². The van der Waals surface area contributed by atoms with Crippen LogP contribution in [0.5, 0.6) is 11.5 Å². The molecule has 0 aliphatic rings. The molecule has 1 heterocycles. The van der Waals surface area contributed by atoms with Crippen LogP contribution in [0, 0.1) is 13.8 Å². The minimum atomic E-state index is -3.60. The van der Waals surface area contributed by atoms with Gasteiger partial charge in [-0.3, -0.25) is 10.5 Å². The van der Waals surface area contributed by atoms with Crippen LogP contribution >= 0.6 is 7.60 Å². The van der Waals surface area contributed by atoms with Gasteiger partial charge in [-0.1, -0.05) is 6.58 Å². The Bertz CT molecular complexity index is 696. The number of nitrogens with one attached hydrogen (secondary N) is 1. The lowest BCUT2D eigenvalue weighted by molar-refractivity contribution is 0.327. The lowest BCUT2D eigenvalue weighted by Gasteiger charge is -2.17. The van der Waals surface area contributed by atoms with Crippen LogP contribution in [0.25, 0.3) is 0 Å². The third kappa shape index (κ3) is 3.87. The molecule has 116 valence electrons. The number of benzene rings is 1. The lowest BCUT2D eigenvalue weighted by Crippen LogP contribution is -2.03. The summed E-state index contributed by atoms with van der Waals surface area (Å²) in [6.45, 7) is 6.94. The number of aromatic nitrogens is 1. The molecule has 1 unspecified atom stereocenters. The van der Waals surface area contributed by atoms with Crippen molar-refractivity contribution in [3.63, 3.8) is 0 Å². The summed E-state index contributed by atoms with van der Waals surface area (Å²) in [7, 11) is -3.60. The maximum atomic E-state index is 12.5. The smallest absolute Gasteiger partial charge is 0.424 e. The Morgan fingerprint density at radius 3 is 2.59 bits per heavy atom. The number of pyridine rings is 1. The molecule has 0 fully saturated rings. The minimum absolute atomic E-state index is 0.176. The van der Waals surface area contributed by atoms with Crippen LogP contribution in [-0.4, -0.2) is 10.1 Å². The van der Waals surface area contributed by atoms with Gasteiger partial charge < -0.3 is 9.63 Å². The summed E-state index contributed by atoms with van der Waals surface area (Å²) in [6, 6.07) is 6.56. The quantitative estimate of drug-likeness (QED) is 0.614. The van der Waals surface area contributed by atoms with Crippen molar-refractivity contribution in [1.29, 1.82) is 0 Å². The van der Waals surface area contributed by atoms with Crippen molar-refractivity contribution in [3.8, 4) is 11.5 Å². The fourth-order valence-electron chi connectivity index (χ4n) is 1.75. The Kier molecular flexibility index (Phi) is 4.85. The van der Waals surface area contributed by atoms with E-state index in [1.165, 1.54) is 6.20 Å². The predicted octanol–water partition coefficient (Wildman–Crippen LogP) is 4.16. The maximum absolute atomic E-state index is 12.5. The molecule has 1 aromatic carbocycles. The van der Waals surface area contributed by atoms with Crippen LogP contribution in [0.2, 0.25) is 0 Å². The van der Waals surface area contributed by atoms with E-state index in [-0.39, 0.29) is 5.75 Å². The first kappa shape index (κ1) is 16.1. The zero-order valence-electron chi connectivity index (χ0n) is 12.3. The zero-order chi connectivity index (χ0) is 16.2. The summed E-state index contributed by atoms with van der Waals surface area (Å²) in [4.78, 5) is 3.90. The number of aryl methyl sites for hydroxylation is 2. The van der Waals surface area contributed by atoms with Crippen LogP contribution < -0.4 is 10.0 Å². The van der Waals surface area contributed by atoms with Gasteiger partial charge in [0.1, 0.15) is 11.5 Å². The first-order chi connectivity index (χ1) is 10.4. The molecule has 2 aromatic rings. The van der Waals surface area contributed by atoms with Gasteiger partial charge in [-0.2, -0.15) is 4.62 Å². The van der Waals surface area contributed by atoms with E-state index in [1.54, 1.807) is 44.3 Å². The second kappa shape index (κ2) is 6.64. The summed E-state index contributed by atoms with van der Waals surface area (Å²) in [5, 5.41) is 9.74. The summed E-state index contributed by atoms with van der Waals surface area (Å²) >= 11 is 0. The Labute approximate surface area is 128 Å². The van der Waals surface area contributed by atoms with Crippen LogP contribution in [0.3, 0.4) is 0 Å². The van der Waals surface area contributed by atoms with Crippen molar-refractivity contribution in [1.82, 2.24) is 4.98 Å². The third-order valence-corrected chi connectivity index (χ3v) is 4.13. The number of phenols is 1. The molecule has 0 spiro atoms. The molecule has 2 rings (SSSR count). The number of phenolic OH excluding ortho intramolecular Hbond substituents is 1. The number of aromatic hydroxyl groups is 1. The Balaban J connectivity index is 2.14. The van der Waals surface area contributed by atoms with Gasteiger partial charge in [0.05, 0.1) is 11.9 Å². The fraction of sp³-hybridized carbons (Fsp3) is 0.133. The molecule has 0 radical (unpaired) electrons. The molecule has 1 aromatic heterocycles. The van der Waals surface area contributed by atoms with Crippen molar-refractivity contribution in [2.75, 3.05) is 5.48 Å². The van der Waals surface area contributed by atoms with Crippen molar-refractivity contribution in [2.45, 2.75) is 13.8 Å². The largest absolute Gasteiger partial charge is 0.507 e. The van der Waals surface area contributed by atoms with Gasteiger partial charge in [-0.05, 0) is 49.2 Å². The highest BCUT2D eigenvalue weighted by Crippen LogP contribution is 2.49. The van der Waals surface area contributed by atoms with E-state index in [0.29, 0.717) is 22.6 Å². The Hall–Kier alpha value is -2.30. The predicted molar refractivity (Wildman–Crippen MR) is 85.0 cm³/mol. The van der Waals surface area contributed by atoms with E-state index in [0.717, 1.165) is 5.82 Å². The molecule has 0 saturated heterocycles. The van der Waals surface area contributed by atoms with Gasteiger partial charge in [-0.25, -0.2) is 4.57 Å². The summed E-state index contributed by atoms with van der Waals surface area (Å²) in [6.07, 6.45) is 3.12. The number of nitrogens with zero attached hydrogens (tertiary/aromatic N) is 1. The molecular formula is C15H17N2O4P. The monoisotopic (exact) mass is 320 g/mol. The van der Waals surface area contributed by atoms with Crippen molar-refractivity contribution >= 4 is 13.3 Å². The number of hydrogen-bond acceptors (Lipinski definition) is 6. The van der Waals surface area contributed by atoms with Gasteiger partial charge in [-0.15, -0.1) is 0 Å². The summed E-state index contributed by atoms with van der Waals surface area (Å²) in [5.41, 5.74) is 4.29. The molecule has 0 aliphatic heterocycles. The number of rotatable bonds is 6. The van der Waals surface area contributed by atoms with E-state index in [2.05, 4.69) is 17.0 Å². The normalized spacial score (nSPS) is 13.2. The average molecular weight is 320 g/mol. The first-order valence-electron chi connectivity index (χ1n) is 6.51. The molecule has 2 N–H and O–H groups in total. The SMILES string of the molecule is C=CP(=O)(ONc1cccnc1)Oc1cc(C)c(O)c(C)c1. The van der Waals surface area contributed by atoms with E-state index in [9.17, 15) is 9.67 Å². The molecule has 0 bridgehead atoms. The average Bonchev–Trinajstić information content (AvgIpc) is 2.52. The standard InChI is InChI=1S/C15H17N2O4P/c1-4-22(19,21-17-13-6-5-7-16-10-13)20-14-8-11(2)15(18)12(3)9-14/h4-10,17-18H,1H2,2-3H3.